The highest BCUT2D eigenvalue weighted by atomic mass is 16.3. The molecule has 1 unspecified atom stereocenters. The van der Waals surface area contributed by atoms with Crippen LogP contribution in [0.1, 0.15) is 33.1 Å². The van der Waals surface area contributed by atoms with Crippen LogP contribution in [0.3, 0.4) is 0 Å². The Morgan fingerprint density at radius 2 is 1.93 bits per heavy atom. The van der Waals surface area contributed by atoms with Gasteiger partial charge < -0.3 is 10.4 Å². The topological polar surface area (TPSA) is 32.3 Å². The van der Waals surface area contributed by atoms with Crippen molar-refractivity contribution in [2.45, 2.75) is 39.2 Å². The van der Waals surface area contributed by atoms with Gasteiger partial charge in [-0.05, 0) is 42.5 Å². The minimum Gasteiger partial charge on any atom is -0.508 e. The van der Waals surface area contributed by atoms with E-state index in [9.17, 15) is 5.11 Å². The number of anilines is 1. The van der Waals surface area contributed by atoms with E-state index in [0.717, 1.165) is 5.69 Å². The van der Waals surface area contributed by atoms with Crippen molar-refractivity contribution in [3.8, 4) is 5.75 Å². The molecule has 2 nitrogen and oxygen atoms in total. The first kappa shape index (κ1) is 10.3. The van der Waals surface area contributed by atoms with Gasteiger partial charge in [-0.2, -0.15) is 0 Å². The highest BCUT2D eigenvalue weighted by Crippen LogP contribution is 2.39. The predicted molar refractivity (Wildman–Crippen MR) is 63.1 cm³/mol. The van der Waals surface area contributed by atoms with Crippen LogP contribution in [0.15, 0.2) is 24.3 Å². The number of nitrogens with one attached hydrogen (secondary N) is 1. The van der Waals surface area contributed by atoms with Gasteiger partial charge >= 0.3 is 0 Å². The molecule has 2 heteroatoms. The summed E-state index contributed by atoms with van der Waals surface area (Å²) in [5.41, 5.74) is 1.49. The van der Waals surface area contributed by atoms with E-state index < -0.39 is 0 Å². The normalized spacial score (nSPS) is 24.0. The number of aromatic hydroxyl groups is 1. The third kappa shape index (κ3) is 2.25. The van der Waals surface area contributed by atoms with E-state index >= 15 is 0 Å². The number of hydrogen-bond acceptors (Lipinski definition) is 2. The Hall–Kier alpha value is -1.18. The first-order valence-electron chi connectivity index (χ1n) is 5.63. The van der Waals surface area contributed by atoms with Crippen molar-refractivity contribution in [3.63, 3.8) is 0 Å². The van der Waals surface area contributed by atoms with Crippen LogP contribution >= 0.6 is 0 Å². The van der Waals surface area contributed by atoms with Crippen molar-refractivity contribution in [1.29, 1.82) is 0 Å². The quantitative estimate of drug-likeness (QED) is 0.725. The van der Waals surface area contributed by atoms with Gasteiger partial charge in [0.2, 0.25) is 0 Å². The lowest BCUT2D eigenvalue weighted by molar-refractivity contribution is 0.350. The molecule has 0 radical (unpaired) electrons. The maximum atomic E-state index is 9.19. The van der Waals surface area contributed by atoms with Crippen molar-refractivity contribution in [1.82, 2.24) is 0 Å². The van der Waals surface area contributed by atoms with Gasteiger partial charge in [0.1, 0.15) is 5.75 Å². The van der Waals surface area contributed by atoms with E-state index in [1.807, 2.05) is 12.1 Å². The van der Waals surface area contributed by atoms with Crippen LogP contribution in [-0.4, -0.2) is 11.1 Å². The van der Waals surface area contributed by atoms with E-state index in [1.165, 1.54) is 19.3 Å². The molecule has 1 atom stereocenters. The molecule has 1 fully saturated rings. The Morgan fingerprint density at radius 3 is 2.47 bits per heavy atom. The van der Waals surface area contributed by atoms with Gasteiger partial charge in [-0.3, -0.25) is 0 Å². The second-order valence-electron chi connectivity index (χ2n) is 5.12. The molecule has 0 aliphatic heterocycles. The van der Waals surface area contributed by atoms with E-state index in [2.05, 4.69) is 19.2 Å². The number of rotatable bonds is 2. The number of benzene rings is 1. The Balaban J connectivity index is 2.06. The third-order valence-corrected chi connectivity index (χ3v) is 3.47. The molecular weight excluding hydrogens is 186 g/mol. The summed E-state index contributed by atoms with van der Waals surface area (Å²) in [6.07, 6.45) is 3.85. The monoisotopic (exact) mass is 205 g/mol. The molecule has 2 N–H and O–H groups in total. The van der Waals surface area contributed by atoms with Gasteiger partial charge in [0.15, 0.2) is 0 Å². The molecule has 15 heavy (non-hydrogen) atoms. The fourth-order valence-corrected chi connectivity index (χ4v) is 2.35. The van der Waals surface area contributed by atoms with Crippen molar-refractivity contribution < 1.29 is 5.11 Å². The lowest BCUT2D eigenvalue weighted by Crippen LogP contribution is -2.30. The highest BCUT2D eigenvalue weighted by Gasteiger charge is 2.34. The molecule has 1 aromatic carbocycles. The van der Waals surface area contributed by atoms with Gasteiger partial charge in [-0.25, -0.2) is 0 Å². The first-order valence-corrected chi connectivity index (χ1v) is 5.63. The highest BCUT2D eigenvalue weighted by molar-refractivity contribution is 5.47. The molecular formula is C13H19NO. The molecule has 2 rings (SSSR count). The van der Waals surface area contributed by atoms with Gasteiger partial charge in [-0.15, -0.1) is 0 Å². The average Bonchev–Trinajstić information content (AvgIpc) is 2.50. The summed E-state index contributed by atoms with van der Waals surface area (Å²) in [5.74, 6) is 0.325. The number of phenolic OH excluding ortho intramolecular Hbond substituents is 1. The summed E-state index contributed by atoms with van der Waals surface area (Å²) >= 11 is 0. The molecule has 0 aromatic heterocycles. The standard InChI is InChI=1S/C13H19NO/c1-13(2)9-3-4-12(13)14-10-5-7-11(15)8-6-10/h5-8,12,14-15H,3-4,9H2,1-2H3. The fraction of sp³-hybridized carbons (Fsp3) is 0.538. The van der Waals surface area contributed by atoms with Crippen LogP contribution in [0.2, 0.25) is 0 Å². The molecule has 0 heterocycles. The maximum absolute atomic E-state index is 9.19. The molecule has 82 valence electrons. The zero-order valence-electron chi connectivity index (χ0n) is 9.46. The van der Waals surface area contributed by atoms with Gasteiger partial charge in [-0.1, -0.05) is 20.3 Å². The maximum Gasteiger partial charge on any atom is 0.115 e. The second-order valence-corrected chi connectivity index (χ2v) is 5.12. The summed E-state index contributed by atoms with van der Waals surface area (Å²) in [4.78, 5) is 0. The van der Waals surface area contributed by atoms with E-state index in [0.29, 0.717) is 17.2 Å². The SMILES string of the molecule is CC1(C)CCCC1Nc1ccc(O)cc1. The zero-order chi connectivity index (χ0) is 10.9. The summed E-state index contributed by atoms with van der Waals surface area (Å²) in [6.45, 7) is 4.64. The Kier molecular flexibility index (Phi) is 2.59. The van der Waals surface area contributed by atoms with Crippen LogP contribution in [-0.2, 0) is 0 Å². The lowest BCUT2D eigenvalue weighted by atomic mass is 9.87. The molecule has 1 aliphatic carbocycles. The van der Waals surface area contributed by atoms with Crippen LogP contribution < -0.4 is 5.32 Å². The van der Waals surface area contributed by atoms with Crippen molar-refractivity contribution in [2.24, 2.45) is 5.41 Å². The van der Waals surface area contributed by atoms with Crippen LogP contribution in [0.25, 0.3) is 0 Å². The van der Waals surface area contributed by atoms with Crippen LogP contribution in [0.4, 0.5) is 5.69 Å². The Morgan fingerprint density at radius 1 is 1.27 bits per heavy atom. The molecule has 0 saturated heterocycles. The minimum atomic E-state index is 0.325. The van der Waals surface area contributed by atoms with E-state index in [1.54, 1.807) is 12.1 Å². The largest absolute Gasteiger partial charge is 0.508 e. The van der Waals surface area contributed by atoms with Gasteiger partial charge in [0.25, 0.3) is 0 Å². The second kappa shape index (κ2) is 3.76. The smallest absolute Gasteiger partial charge is 0.115 e. The van der Waals surface area contributed by atoms with E-state index in [-0.39, 0.29) is 0 Å². The van der Waals surface area contributed by atoms with Crippen molar-refractivity contribution in [3.05, 3.63) is 24.3 Å². The Labute approximate surface area is 91.3 Å². The third-order valence-electron chi connectivity index (χ3n) is 3.47. The predicted octanol–water partition coefficient (Wildman–Crippen LogP) is 3.38. The molecule has 0 bridgehead atoms. The average molecular weight is 205 g/mol. The minimum absolute atomic E-state index is 0.325. The molecule has 0 amide bonds. The van der Waals surface area contributed by atoms with Crippen molar-refractivity contribution in [2.75, 3.05) is 5.32 Å². The summed E-state index contributed by atoms with van der Waals surface area (Å²) in [7, 11) is 0. The molecule has 1 saturated carbocycles. The Bertz CT molecular complexity index is 329. The lowest BCUT2D eigenvalue weighted by Gasteiger charge is -2.28. The zero-order valence-corrected chi connectivity index (χ0v) is 9.46. The molecule has 1 aromatic rings. The van der Waals surface area contributed by atoms with E-state index in [4.69, 9.17) is 0 Å². The summed E-state index contributed by atoms with van der Waals surface area (Å²) in [5, 5.41) is 12.7. The fourth-order valence-electron chi connectivity index (χ4n) is 2.35. The number of hydrogen-bond donors (Lipinski definition) is 2. The van der Waals surface area contributed by atoms with Crippen LogP contribution in [0, 0.1) is 5.41 Å². The van der Waals surface area contributed by atoms with Gasteiger partial charge in [0.05, 0.1) is 0 Å². The van der Waals surface area contributed by atoms with Crippen molar-refractivity contribution >= 4 is 5.69 Å². The summed E-state index contributed by atoms with van der Waals surface area (Å²) < 4.78 is 0. The van der Waals surface area contributed by atoms with Gasteiger partial charge in [0, 0.05) is 11.7 Å². The molecule has 0 spiro atoms. The summed E-state index contributed by atoms with van der Waals surface area (Å²) in [6, 6.07) is 7.88. The molecule has 1 aliphatic rings. The first-order chi connectivity index (χ1) is 7.08. The number of phenols is 1. The van der Waals surface area contributed by atoms with Crippen LogP contribution in [0.5, 0.6) is 5.75 Å².